The van der Waals surface area contributed by atoms with Crippen molar-refractivity contribution in [3.8, 4) is 0 Å². The minimum Gasteiger partial charge on any atom is -0.350 e. The van der Waals surface area contributed by atoms with E-state index < -0.39 is 29.7 Å². The third-order valence-electron chi connectivity index (χ3n) is 6.09. The van der Waals surface area contributed by atoms with E-state index in [0.717, 1.165) is 31.7 Å². The number of nitrogens with one attached hydrogen (secondary N) is 1. The molecule has 2 aromatic rings. The highest BCUT2D eigenvalue weighted by Gasteiger charge is 2.43. The summed E-state index contributed by atoms with van der Waals surface area (Å²) in [5.41, 5.74) is 6.32. The van der Waals surface area contributed by atoms with Gasteiger partial charge in [-0.1, -0.05) is 17.7 Å². The van der Waals surface area contributed by atoms with E-state index in [1.54, 1.807) is 0 Å². The number of hydrogen-bond donors (Lipinski definition) is 2. The third-order valence-corrected chi connectivity index (χ3v) is 6.32. The van der Waals surface area contributed by atoms with Crippen molar-refractivity contribution in [3.63, 3.8) is 0 Å². The number of pyridine rings is 1. The second-order valence-corrected chi connectivity index (χ2v) is 8.76. The summed E-state index contributed by atoms with van der Waals surface area (Å²) in [6, 6.07) is 8.31. The molecule has 0 radical (unpaired) electrons. The van der Waals surface area contributed by atoms with Gasteiger partial charge in [-0.2, -0.15) is 0 Å². The number of hydrogen-bond acceptors (Lipinski definition) is 5. The van der Waals surface area contributed by atoms with Gasteiger partial charge in [0.25, 0.3) is 17.7 Å². The number of halogens is 2. The molecule has 0 spiro atoms. The summed E-state index contributed by atoms with van der Waals surface area (Å²) in [5, 5.41) is 3.22. The summed E-state index contributed by atoms with van der Waals surface area (Å²) in [4.78, 5) is 46.4. The first-order chi connectivity index (χ1) is 15.8. The van der Waals surface area contributed by atoms with Gasteiger partial charge in [0.1, 0.15) is 11.0 Å². The normalized spacial score (nSPS) is 22.8. The molecule has 33 heavy (non-hydrogen) atoms. The first-order valence-electron chi connectivity index (χ1n) is 10.9. The lowest BCUT2D eigenvalue weighted by molar-refractivity contribution is -0.129. The van der Waals surface area contributed by atoms with Crippen molar-refractivity contribution in [1.82, 2.24) is 20.1 Å². The second-order valence-electron chi connectivity index (χ2n) is 8.37. The molecule has 1 unspecified atom stereocenters. The fourth-order valence-electron chi connectivity index (χ4n) is 4.33. The summed E-state index contributed by atoms with van der Waals surface area (Å²) < 4.78 is 13.7. The number of rotatable bonds is 4. The molecule has 2 aliphatic rings. The number of nitrogens with zero attached hydrogens (tertiary/aromatic N) is 3. The highest BCUT2D eigenvalue weighted by molar-refractivity contribution is 6.29. The molecule has 1 aliphatic carbocycles. The predicted molar refractivity (Wildman–Crippen MR) is 120 cm³/mol. The van der Waals surface area contributed by atoms with E-state index >= 15 is 0 Å². The van der Waals surface area contributed by atoms with Crippen LogP contribution in [0.25, 0.3) is 0 Å². The van der Waals surface area contributed by atoms with Crippen LogP contribution in [0.4, 0.5) is 4.39 Å². The molecule has 0 bridgehead atoms. The Kier molecular flexibility index (Phi) is 6.90. The number of nitrogens with two attached hydrogens (primary N) is 1. The number of carbonyl (C=O) groups excluding carboxylic acids is 3. The van der Waals surface area contributed by atoms with Crippen LogP contribution >= 0.6 is 11.6 Å². The summed E-state index contributed by atoms with van der Waals surface area (Å²) in [6.45, 7) is 0.284. The Bertz CT molecular complexity index is 1040. The summed E-state index contributed by atoms with van der Waals surface area (Å²) in [5.74, 6) is -1.97. The van der Waals surface area contributed by atoms with E-state index in [4.69, 9.17) is 17.3 Å². The Balaban J connectivity index is 1.60. The molecule has 3 amide bonds. The van der Waals surface area contributed by atoms with Crippen molar-refractivity contribution in [2.45, 2.75) is 43.9 Å². The van der Waals surface area contributed by atoms with Crippen LogP contribution in [0.15, 0.2) is 42.6 Å². The van der Waals surface area contributed by atoms with Gasteiger partial charge in [-0.15, -0.1) is 0 Å². The smallest absolute Gasteiger partial charge is 0.264 e. The van der Waals surface area contributed by atoms with Gasteiger partial charge < -0.3 is 20.9 Å². The zero-order valence-corrected chi connectivity index (χ0v) is 18.7. The van der Waals surface area contributed by atoms with Crippen LogP contribution < -0.4 is 11.1 Å². The largest absolute Gasteiger partial charge is 0.350 e. The van der Waals surface area contributed by atoms with Crippen LogP contribution in [-0.2, 0) is 4.79 Å². The van der Waals surface area contributed by atoms with Crippen molar-refractivity contribution in [2.75, 3.05) is 13.1 Å². The van der Waals surface area contributed by atoms with Crippen LogP contribution in [-0.4, -0.2) is 63.8 Å². The lowest BCUT2D eigenvalue weighted by Gasteiger charge is -2.32. The minimum absolute atomic E-state index is 0.0850. The molecular weight excluding hydrogens is 449 g/mol. The van der Waals surface area contributed by atoms with Crippen LogP contribution in [0, 0.1) is 5.82 Å². The topological polar surface area (TPSA) is 109 Å². The average Bonchev–Trinajstić information content (AvgIpc) is 3.25. The van der Waals surface area contributed by atoms with E-state index in [9.17, 15) is 18.8 Å². The van der Waals surface area contributed by atoms with Crippen LogP contribution in [0.1, 0.15) is 46.4 Å². The maximum atomic E-state index is 13.7. The van der Waals surface area contributed by atoms with Gasteiger partial charge in [0.2, 0.25) is 0 Å². The Morgan fingerprint density at radius 1 is 1.00 bits per heavy atom. The lowest BCUT2D eigenvalue weighted by atomic mass is 9.92. The molecule has 2 heterocycles. The zero-order chi connectivity index (χ0) is 23.5. The predicted octanol–water partition coefficient (Wildman–Crippen LogP) is 2.18. The standard InChI is InChI=1S/C23H25ClFN5O3/c24-19-9-4-15(13-27-19)23(33)30-11-10-29(22(32)14-2-1-3-16(25)12-14)21(30)20(31)28-18-7-5-17(26)6-8-18/h1-4,9,12-13,17-18,21H,5-8,10-11,26H2,(H,28,31). The molecule has 1 aromatic carbocycles. The SMILES string of the molecule is NC1CCC(NC(=O)C2N(C(=O)c3ccc(Cl)nc3)CCN2C(=O)c2cccc(F)c2)CC1. The molecule has 174 valence electrons. The van der Waals surface area contributed by atoms with E-state index in [1.165, 1.54) is 46.3 Å². The summed E-state index contributed by atoms with van der Waals surface area (Å²) >= 11 is 5.83. The van der Waals surface area contributed by atoms with Crippen molar-refractivity contribution >= 4 is 29.3 Å². The Morgan fingerprint density at radius 2 is 1.67 bits per heavy atom. The monoisotopic (exact) mass is 473 g/mol. The highest BCUT2D eigenvalue weighted by atomic mass is 35.5. The van der Waals surface area contributed by atoms with Gasteiger partial charge in [0.05, 0.1) is 5.56 Å². The second kappa shape index (κ2) is 9.84. The molecule has 1 aromatic heterocycles. The molecule has 3 N–H and O–H groups in total. The Labute approximate surface area is 195 Å². The lowest BCUT2D eigenvalue weighted by Crippen LogP contribution is -2.56. The van der Waals surface area contributed by atoms with Gasteiger partial charge in [-0.3, -0.25) is 14.4 Å². The van der Waals surface area contributed by atoms with Gasteiger partial charge in [-0.25, -0.2) is 9.37 Å². The molecule has 1 saturated heterocycles. The maximum absolute atomic E-state index is 13.7. The Hall–Kier alpha value is -3.04. The van der Waals surface area contributed by atoms with Gasteiger partial charge in [-0.05, 0) is 56.0 Å². The summed E-state index contributed by atoms with van der Waals surface area (Å²) in [6.07, 6.45) is 3.21. The number of benzene rings is 1. The molecular formula is C23H25ClFN5O3. The Morgan fingerprint density at radius 3 is 2.27 bits per heavy atom. The van der Waals surface area contributed by atoms with Crippen molar-refractivity contribution in [3.05, 3.63) is 64.7 Å². The highest BCUT2D eigenvalue weighted by Crippen LogP contribution is 2.23. The maximum Gasteiger partial charge on any atom is 0.264 e. The molecule has 8 nitrogen and oxygen atoms in total. The molecule has 4 rings (SSSR count). The van der Waals surface area contributed by atoms with Crippen LogP contribution in [0.2, 0.25) is 5.15 Å². The molecule has 10 heteroatoms. The van der Waals surface area contributed by atoms with Gasteiger partial charge in [0, 0.05) is 36.9 Å². The first-order valence-corrected chi connectivity index (χ1v) is 11.3. The fraction of sp³-hybridized carbons (Fsp3) is 0.391. The molecule has 1 atom stereocenters. The van der Waals surface area contributed by atoms with Gasteiger partial charge in [0.15, 0.2) is 6.17 Å². The van der Waals surface area contributed by atoms with E-state index in [2.05, 4.69) is 10.3 Å². The quantitative estimate of drug-likeness (QED) is 0.662. The van der Waals surface area contributed by atoms with Gasteiger partial charge >= 0.3 is 0 Å². The zero-order valence-electron chi connectivity index (χ0n) is 17.9. The molecule has 1 saturated carbocycles. The average molecular weight is 474 g/mol. The van der Waals surface area contributed by atoms with E-state index in [-0.39, 0.29) is 41.5 Å². The van der Waals surface area contributed by atoms with E-state index in [1.807, 2.05) is 0 Å². The van der Waals surface area contributed by atoms with Crippen LogP contribution in [0.3, 0.4) is 0 Å². The fourth-order valence-corrected chi connectivity index (χ4v) is 4.44. The molecule has 1 aliphatic heterocycles. The molecule has 2 fully saturated rings. The van der Waals surface area contributed by atoms with Crippen LogP contribution in [0.5, 0.6) is 0 Å². The van der Waals surface area contributed by atoms with E-state index in [0.29, 0.717) is 0 Å². The third kappa shape index (κ3) is 5.15. The van der Waals surface area contributed by atoms with Crippen molar-refractivity contribution in [1.29, 1.82) is 0 Å². The minimum atomic E-state index is -1.17. The number of aromatic nitrogens is 1. The van der Waals surface area contributed by atoms with Crippen molar-refractivity contribution in [2.24, 2.45) is 5.73 Å². The van der Waals surface area contributed by atoms with Crippen molar-refractivity contribution < 1.29 is 18.8 Å². The number of amides is 3. The first kappa shape index (κ1) is 23.1. The number of carbonyl (C=O) groups is 3. The summed E-state index contributed by atoms with van der Waals surface area (Å²) in [7, 11) is 0.